The standard InChI is InChI=1S/C14H20N2O/c1-2-10-6-14(10)11-5-13(8-15-7-11)17-9-12-3-4-16-12/h5,7-8,10,12,14,16H,2-4,6,9H2,1H3/t10-,12+,14?/m1/s1. The highest BCUT2D eigenvalue weighted by Gasteiger charge is 2.36. The average molecular weight is 232 g/mol. The Morgan fingerprint density at radius 2 is 2.35 bits per heavy atom. The lowest BCUT2D eigenvalue weighted by atomic mass is 10.1. The van der Waals surface area contributed by atoms with Gasteiger partial charge in [-0.1, -0.05) is 13.3 Å². The maximum atomic E-state index is 5.77. The second-order valence-electron chi connectivity index (χ2n) is 5.22. The SMILES string of the molecule is CC[C@@H]1CC1c1cncc(OC[C@@H]2CCN2)c1. The van der Waals surface area contributed by atoms with Crippen molar-refractivity contribution in [3.63, 3.8) is 0 Å². The first-order valence-electron chi connectivity index (χ1n) is 6.68. The van der Waals surface area contributed by atoms with Crippen LogP contribution < -0.4 is 10.1 Å². The van der Waals surface area contributed by atoms with E-state index in [0.717, 1.165) is 30.7 Å². The minimum Gasteiger partial charge on any atom is -0.490 e. The van der Waals surface area contributed by atoms with Crippen LogP contribution in [-0.4, -0.2) is 24.2 Å². The minimum absolute atomic E-state index is 0.544. The van der Waals surface area contributed by atoms with Crippen molar-refractivity contribution in [3.05, 3.63) is 24.0 Å². The average Bonchev–Trinajstić information content (AvgIpc) is 3.07. The Balaban J connectivity index is 1.58. The van der Waals surface area contributed by atoms with Gasteiger partial charge in [-0.3, -0.25) is 4.98 Å². The molecule has 92 valence electrons. The fraction of sp³-hybridized carbons (Fsp3) is 0.643. The molecule has 2 aliphatic rings. The van der Waals surface area contributed by atoms with E-state index in [0.29, 0.717) is 6.04 Å². The third kappa shape index (κ3) is 2.44. The molecule has 0 spiro atoms. The summed E-state index contributed by atoms with van der Waals surface area (Å²) in [5.74, 6) is 2.54. The molecule has 1 N–H and O–H groups in total. The van der Waals surface area contributed by atoms with Crippen molar-refractivity contribution < 1.29 is 4.74 Å². The third-order valence-electron chi connectivity index (χ3n) is 3.99. The van der Waals surface area contributed by atoms with Crippen LogP contribution in [-0.2, 0) is 0 Å². The lowest BCUT2D eigenvalue weighted by Crippen LogP contribution is -2.46. The van der Waals surface area contributed by atoms with Crippen molar-refractivity contribution in [1.29, 1.82) is 0 Å². The lowest BCUT2D eigenvalue weighted by molar-refractivity contribution is 0.217. The number of pyridine rings is 1. The Hall–Kier alpha value is -1.09. The molecule has 0 aromatic carbocycles. The van der Waals surface area contributed by atoms with Crippen molar-refractivity contribution in [2.24, 2.45) is 5.92 Å². The first-order valence-corrected chi connectivity index (χ1v) is 6.68. The lowest BCUT2D eigenvalue weighted by Gasteiger charge is -2.27. The highest BCUT2D eigenvalue weighted by Crippen LogP contribution is 2.49. The quantitative estimate of drug-likeness (QED) is 0.846. The molecule has 1 aliphatic heterocycles. The molecule has 17 heavy (non-hydrogen) atoms. The third-order valence-corrected chi connectivity index (χ3v) is 3.99. The summed E-state index contributed by atoms with van der Waals surface area (Å²) in [4.78, 5) is 4.29. The first kappa shape index (κ1) is 11.0. The molecule has 1 aromatic heterocycles. The van der Waals surface area contributed by atoms with Gasteiger partial charge in [0.1, 0.15) is 12.4 Å². The zero-order valence-corrected chi connectivity index (χ0v) is 10.4. The Morgan fingerprint density at radius 3 is 3.00 bits per heavy atom. The highest BCUT2D eigenvalue weighted by atomic mass is 16.5. The van der Waals surface area contributed by atoms with Gasteiger partial charge in [0.05, 0.1) is 6.20 Å². The molecule has 0 amide bonds. The van der Waals surface area contributed by atoms with Crippen LogP contribution in [0.4, 0.5) is 0 Å². The van der Waals surface area contributed by atoms with Crippen molar-refractivity contribution >= 4 is 0 Å². The van der Waals surface area contributed by atoms with Crippen molar-refractivity contribution in [1.82, 2.24) is 10.3 Å². The van der Waals surface area contributed by atoms with Gasteiger partial charge in [-0.25, -0.2) is 0 Å². The maximum Gasteiger partial charge on any atom is 0.137 e. The van der Waals surface area contributed by atoms with Crippen LogP contribution in [0.2, 0.25) is 0 Å². The first-order chi connectivity index (χ1) is 8.36. The van der Waals surface area contributed by atoms with Crippen LogP contribution in [0.25, 0.3) is 0 Å². The smallest absolute Gasteiger partial charge is 0.137 e. The molecule has 2 fully saturated rings. The van der Waals surface area contributed by atoms with Gasteiger partial charge in [0, 0.05) is 12.2 Å². The van der Waals surface area contributed by atoms with Crippen LogP contribution in [0.15, 0.2) is 18.5 Å². The second kappa shape index (κ2) is 4.65. The zero-order valence-electron chi connectivity index (χ0n) is 10.4. The van der Waals surface area contributed by atoms with E-state index >= 15 is 0 Å². The molecule has 1 saturated carbocycles. The number of ether oxygens (including phenoxy) is 1. The van der Waals surface area contributed by atoms with Crippen LogP contribution in [0, 0.1) is 5.92 Å². The van der Waals surface area contributed by atoms with E-state index < -0.39 is 0 Å². The van der Waals surface area contributed by atoms with Crippen molar-refractivity contribution in [2.45, 2.75) is 38.1 Å². The summed E-state index contributed by atoms with van der Waals surface area (Å²) >= 11 is 0. The summed E-state index contributed by atoms with van der Waals surface area (Å²) in [6.45, 7) is 4.17. The molecular formula is C14H20N2O. The van der Waals surface area contributed by atoms with Crippen LogP contribution in [0.1, 0.15) is 37.7 Å². The summed E-state index contributed by atoms with van der Waals surface area (Å²) in [5, 5.41) is 3.34. The number of nitrogens with one attached hydrogen (secondary N) is 1. The molecule has 1 aromatic rings. The van der Waals surface area contributed by atoms with Gasteiger partial charge in [-0.05, 0) is 42.9 Å². The van der Waals surface area contributed by atoms with E-state index in [1.807, 2.05) is 12.4 Å². The summed E-state index contributed by atoms with van der Waals surface area (Å²) in [6.07, 6.45) is 7.65. The van der Waals surface area contributed by atoms with Gasteiger partial charge in [0.2, 0.25) is 0 Å². The van der Waals surface area contributed by atoms with E-state index in [9.17, 15) is 0 Å². The molecule has 1 aliphatic carbocycles. The van der Waals surface area contributed by atoms with Gasteiger partial charge in [0.25, 0.3) is 0 Å². The van der Waals surface area contributed by atoms with E-state index in [1.54, 1.807) is 0 Å². The molecule has 3 heteroatoms. The number of hydrogen-bond acceptors (Lipinski definition) is 3. The number of nitrogens with zero attached hydrogens (tertiary/aromatic N) is 1. The monoisotopic (exact) mass is 232 g/mol. The van der Waals surface area contributed by atoms with Gasteiger partial charge in [0.15, 0.2) is 0 Å². The van der Waals surface area contributed by atoms with Crippen molar-refractivity contribution in [2.75, 3.05) is 13.2 Å². The molecule has 3 rings (SSSR count). The molecule has 1 unspecified atom stereocenters. The number of aromatic nitrogens is 1. The Labute approximate surface area is 103 Å². The molecule has 3 nitrogen and oxygen atoms in total. The van der Waals surface area contributed by atoms with E-state index in [-0.39, 0.29) is 0 Å². The minimum atomic E-state index is 0.544. The number of rotatable bonds is 5. The van der Waals surface area contributed by atoms with E-state index in [4.69, 9.17) is 4.74 Å². The fourth-order valence-corrected chi connectivity index (χ4v) is 2.51. The Bertz CT molecular complexity index is 390. The molecule has 0 bridgehead atoms. The predicted molar refractivity (Wildman–Crippen MR) is 67.3 cm³/mol. The van der Waals surface area contributed by atoms with Gasteiger partial charge in [-0.2, -0.15) is 0 Å². The topological polar surface area (TPSA) is 34.1 Å². The van der Waals surface area contributed by atoms with Crippen LogP contribution >= 0.6 is 0 Å². The Kier molecular flexibility index (Phi) is 3.02. The maximum absolute atomic E-state index is 5.77. The molecule has 3 atom stereocenters. The van der Waals surface area contributed by atoms with Gasteiger partial charge >= 0.3 is 0 Å². The van der Waals surface area contributed by atoms with Gasteiger partial charge < -0.3 is 10.1 Å². The highest BCUT2D eigenvalue weighted by molar-refractivity contribution is 5.30. The molecule has 0 radical (unpaired) electrons. The summed E-state index contributed by atoms with van der Waals surface area (Å²) in [5.41, 5.74) is 1.36. The zero-order chi connectivity index (χ0) is 11.7. The van der Waals surface area contributed by atoms with Gasteiger partial charge in [-0.15, -0.1) is 0 Å². The van der Waals surface area contributed by atoms with Crippen LogP contribution in [0.3, 0.4) is 0 Å². The van der Waals surface area contributed by atoms with E-state index in [2.05, 4.69) is 23.3 Å². The summed E-state index contributed by atoms with van der Waals surface area (Å²) in [6, 6.07) is 2.72. The second-order valence-corrected chi connectivity index (χ2v) is 5.22. The number of hydrogen-bond donors (Lipinski definition) is 1. The Morgan fingerprint density at radius 1 is 1.47 bits per heavy atom. The summed E-state index contributed by atoms with van der Waals surface area (Å²) in [7, 11) is 0. The summed E-state index contributed by atoms with van der Waals surface area (Å²) < 4.78 is 5.77. The normalized spacial score (nSPS) is 30.8. The molecule has 2 heterocycles. The molecular weight excluding hydrogens is 212 g/mol. The fourth-order valence-electron chi connectivity index (χ4n) is 2.51. The largest absolute Gasteiger partial charge is 0.490 e. The molecule has 1 saturated heterocycles. The van der Waals surface area contributed by atoms with Crippen molar-refractivity contribution in [3.8, 4) is 5.75 Å². The van der Waals surface area contributed by atoms with E-state index in [1.165, 1.54) is 24.8 Å². The predicted octanol–water partition coefficient (Wildman–Crippen LogP) is 2.34. The van der Waals surface area contributed by atoms with Crippen LogP contribution in [0.5, 0.6) is 5.75 Å².